The van der Waals surface area contributed by atoms with Gasteiger partial charge in [0.2, 0.25) is 11.9 Å². The van der Waals surface area contributed by atoms with E-state index in [1.165, 1.54) is 11.3 Å². The Labute approximate surface area is 238 Å². The van der Waals surface area contributed by atoms with Gasteiger partial charge in [-0.2, -0.15) is 20.2 Å². The van der Waals surface area contributed by atoms with Crippen molar-refractivity contribution in [3.63, 3.8) is 0 Å². The van der Waals surface area contributed by atoms with Crippen molar-refractivity contribution in [2.45, 2.75) is 48.0 Å². The van der Waals surface area contributed by atoms with Crippen LogP contribution < -0.4 is 20.3 Å². The number of thioether (sulfide) groups is 1. The summed E-state index contributed by atoms with van der Waals surface area (Å²) in [5.74, 6) is -1.71. The average Bonchev–Trinajstić information content (AvgIpc) is 3.08. The van der Waals surface area contributed by atoms with Gasteiger partial charge in [-0.1, -0.05) is 0 Å². The fraction of sp³-hybridized carbons (Fsp3) is 0.680. The summed E-state index contributed by atoms with van der Waals surface area (Å²) in [5, 5.41) is 20.8. The number of nitrogen functional groups attached to an aromatic ring is 1. The van der Waals surface area contributed by atoms with E-state index in [1.807, 2.05) is 4.90 Å². The lowest BCUT2D eigenvalue weighted by Gasteiger charge is -2.48. The molecule has 1 spiro atoms. The van der Waals surface area contributed by atoms with Crippen molar-refractivity contribution in [2.24, 2.45) is 5.41 Å². The maximum Gasteiger partial charge on any atom is 0.323 e. The maximum absolute atomic E-state index is 14.5. The van der Waals surface area contributed by atoms with Gasteiger partial charge in [-0.25, -0.2) is 13.2 Å². The molecule has 3 fully saturated rings. The molecule has 2 aromatic heterocycles. The Morgan fingerprint density at radius 3 is 2.48 bits per heavy atom. The number of nitrogens with two attached hydrogens (primary N) is 1. The quantitative estimate of drug-likeness (QED) is 0.490. The fourth-order valence-electron chi connectivity index (χ4n) is 6.15. The first-order valence-corrected chi connectivity index (χ1v) is 14.8. The zero-order valence-electron chi connectivity index (χ0n) is 22.5. The number of rotatable bonds is 7. The number of hydrogen-bond acceptors (Lipinski definition) is 12. The molecular weight excluding hydrogens is 565 g/mol. The lowest BCUT2D eigenvalue weighted by atomic mass is 9.88. The minimum atomic E-state index is -2.86. The molecular formula is C25H31F3N8O2S2. The molecule has 2 aromatic rings. The number of nitriles is 1. The second-order valence-electron chi connectivity index (χ2n) is 12.0. The van der Waals surface area contributed by atoms with Crippen LogP contribution in [0.2, 0.25) is 0 Å². The van der Waals surface area contributed by atoms with E-state index in [1.54, 1.807) is 42.6 Å². The van der Waals surface area contributed by atoms with Gasteiger partial charge in [0.05, 0.1) is 27.9 Å². The van der Waals surface area contributed by atoms with E-state index >= 15 is 0 Å². The van der Waals surface area contributed by atoms with E-state index in [0.717, 1.165) is 16.2 Å². The summed E-state index contributed by atoms with van der Waals surface area (Å²) >= 11 is 3.19. The molecule has 15 heteroatoms. The third kappa shape index (κ3) is 4.62. The Bertz CT molecular complexity index is 1380. The SMILES string of the molecule is CN(C)CC1(COc2nc(N3CC4(C3)SCc3sc(N)c(C#N)c34)nc(N3C[C@@H](F)C[C@@](C)(O)C3)n2)CC1(F)F. The number of fused-ring (bicyclic) bond motifs is 2. The van der Waals surface area contributed by atoms with Gasteiger partial charge < -0.3 is 30.3 Å². The van der Waals surface area contributed by atoms with Crippen molar-refractivity contribution < 1.29 is 23.0 Å². The third-order valence-corrected chi connectivity index (χ3v) is 10.7. The smallest absolute Gasteiger partial charge is 0.323 e. The van der Waals surface area contributed by atoms with Crippen molar-refractivity contribution >= 4 is 40.0 Å². The van der Waals surface area contributed by atoms with Gasteiger partial charge >= 0.3 is 6.01 Å². The Morgan fingerprint density at radius 2 is 1.88 bits per heavy atom. The summed E-state index contributed by atoms with van der Waals surface area (Å²) in [7, 11) is 3.46. The highest BCUT2D eigenvalue weighted by Crippen LogP contribution is 2.61. The highest BCUT2D eigenvalue weighted by molar-refractivity contribution is 8.00. The summed E-state index contributed by atoms with van der Waals surface area (Å²) in [4.78, 5) is 19.7. The lowest BCUT2D eigenvalue weighted by molar-refractivity contribution is 0.0158. The maximum atomic E-state index is 14.5. The third-order valence-electron chi connectivity index (χ3n) is 8.02. The summed E-state index contributed by atoms with van der Waals surface area (Å²) in [6, 6.07) is 2.12. The Hall–Kier alpha value is -2.54. The number of thiophene rings is 1. The van der Waals surface area contributed by atoms with Crippen LogP contribution in [0.3, 0.4) is 0 Å². The van der Waals surface area contributed by atoms with E-state index < -0.39 is 23.1 Å². The first-order chi connectivity index (χ1) is 18.8. The van der Waals surface area contributed by atoms with Crippen molar-refractivity contribution in [2.75, 3.05) is 69.0 Å². The minimum Gasteiger partial charge on any atom is -0.462 e. The first-order valence-electron chi connectivity index (χ1n) is 13.0. The van der Waals surface area contributed by atoms with Gasteiger partial charge in [0.15, 0.2) is 0 Å². The topological polar surface area (TPSA) is 128 Å². The molecule has 3 atom stereocenters. The summed E-state index contributed by atoms with van der Waals surface area (Å²) in [6.45, 7) is 2.50. The van der Waals surface area contributed by atoms with Gasteiger partial charge in [0, 0.05) is 55.2 Å². The largest absolute Gasteiger partial charge is 0.462 e. The van der Waals surface area contributed by atoms with Gasteiger partial charge in [-0.3, -0.25) is 0 Å². The van der Waals surface area contributed by atoms with Crippen LogP contribution in [0.15, 0.2) is 0 Å². The number of aliphatic hydroxyl groups is 1. The Balaban J connectivity index is 1.29. The zero-order chi connectivity index (χ0) is 28.7. The molecule has 0 bridgehead atoms. The molecule has 4 aliphatic rings. The number of anilines is 3. The number of piperidine rings is 1. The van der Waals surface area contributed by atoms with Crippen molar-refractivity contribution in [3.8, 4) is 12.1 Å². The van der Waals surface area contributed by atoms with Gasteiger partial charge in [0.25, 0.3) is 5.92 Å². The predicted octanol–water partition coefficient (Wildman–Crippen LogP) is 2.61. The Kier molecular flexibility index (Phi) is 6.38. The number of alkyl halides is 3. The van der Waals surface area contributed by atoms with E-state index in [-0.39, 0.29) is 61.7 Å². The van der Waals surface area contributed by atoms with Crippen molar-refractivity contribution in [1.29, 1.82) is 5.26 Å². The van der Waals surface area contributed by atoms with Crippen LogP contribution in [0, 0.1) is 16.7 Å². The molecule has 3 aliphatic heterocycles. The number of β-amino-alcohol motifs (C(OH)–C–C–N with tert-alkyl or cyclic N) is 1. The fourth-order valence-corrected chi connectivity index (χ4v) is 8.96. The summed E-state index contributed by atoms with van der Waals surface area (Å²) in [6.07, 6.45) is -1.59. The van der Waals surface area contributed by atoms with Crippen LogP contribution in [0.4, 0.5) is 30.1 Å². The molecule has 40 heavy (non-hydrogen) atoms. The van der Waals surface area contributed by atoms with Crippen LogP contribution in [0.25, 0.3) is 0 Å². The first kappa shape index (κ1) is 27.6. The van der Waals surface area contributed by atoms with E-state index in [0.29, 0.717) is 23.7 Å². The standard InChI is InChI=1S/C25H31F3N8O2S2/c1-22(37)4-14(26)6-35(9-22)19-31-20(33-21(32-19)38-13-23(10-34(2)3)8-25(23,27)28)36-11-24(12-36)17-15(5-29)18(30)40-16(17)7-39-24/h14,37H,4,6-13,30H2,1-3H3/t14-,22+,23?/m0/s1. The van der Waals surface area contributed by atoms with E-state index in [9.17, 15) is 23.5 Å². The number of nitrogens with zero attached hydrogens (tertiary/aromatic N) is 7. The molecule has 1 saturated carbocycles. The van der Waals surface area contributed by atoms with Crippen LogP contribution in [0.5, 0.6) is 6.01 Å². The molecule has 216 valence electrons. The van der Waals surface area contributed by atoms with Crippen molar-refractivity contribution in [1.82, 2.24) is 19.9 Å². The van der Waals surface area contributed by atoms with Crippen molar-refractivity contribution in [3.05, 3.63) is 16.0 Å². The van der Waals surface area contributed by atoms with Crippen LogP contribution in [-0.2, 0) is 10.5 Å². The highest BCUT2D eigenvalue weighted by atomic mass is 32.2. The van der Waals surface area contributed by atoms with Gasteiger partial charge in [-0.15, -0.1) is 23.1 Å². The normalized spacial score (nSPS) is 29.8. The second kappa shape index (κ2) is 9.23. The molecule has 1 unspecified atom stereocenters. The molecule has 2 saturated heterocycles. The predicted molar refractivity (Wildman–Crippen MR) is 147 cm³/mol. The molecule has 3 N–H and O–H groups in total. The Morgan fingerprint density at radius 1 is 1.20 bits per heavy atom. The molecule has 1 aliphatic carbocycles. The molecule has 0 amide bonds. The summed E-state index contributed by atoms with van der Waals surface area (Å²) < 4.78 is 48.7. The van der Waals surface area contributed by atoms with Crippen LogP contribution in [0.1, 0.15) is 35.8 Å². The van der Waals surface area contributed by atoms with E-state index in [2.05, 4.69) is 21.0 Å². The molecule has 5 heterocycles. The number of halogens is 3. The van der Waals surface area contributed by atoms with Gasteiger partial charge in [0.1, 0.15) is 23.8 Å². The monoisotopic (exact) mass is 596 g/mol. The number of aromatic nitrogens is 3. The molecule has 10 nitrogen and oxygen atoms in total. The highest BCUT2D eigenvalue weighted by Gasteiger charge is 2.71. The van der Waals surface area contributed by atoms with Crippen LogP contribution in [-0.4, -0.2) is 96.1 Å². The van der Waals surface area contributed by atoms with Crippen LogP contribution >= 0.6 is 23.1 Å². The number of hydrogen-bond donors (Lipinski definition) is 2. The minimum absolute atomic E-state index is 0.00780. The molecule has 6 rings (SSSR count). The van der Waals surface area contributed by atoms with E-state index in [4.69, 9.17) is 10.5 Å². The molecule has 0 radical (unpaired) electrons. The average molecular weight is 597 g/mol. The lowest BCUT2D eigenvalue weighted by Crippen LogP contribution is -2.57. The number of ether oxygens (including phenoxy) is 1. The van der Waals surface area contributed by atoms with Gasteiger partial charge in [-0.05, 0) is 21.0 Å². The molecule has 0 aromatic carbocycles. The summed E-state index contributed by atoms with van der Waals surface area (Å²) in [5.41, 5.74) is 4.96. The second-order valence-corrected chi connectivity index (χ2v) is 14.5. The zero-order valence-corrected chi connectivity index (χ0v) is 24.1.